The number of hydrogen-bond donors (Lipinski definition) is 0. The standard InChI is InChI=1S/C16H28O/c1-11-5-6-14-15(13(11)8-10-17)12(2)7-9-16(14,3)4/h10-15H,5-9H2,1-4H3. The van der Waals surface area contributed by atoms with E-state index in [1.54, 1.807) is 0 Å². The SMILES string of the molecule is CC1CCC2C(C(C)CCC2(C)C)C1CC=O. The Morgan fingerprint density at radius 1 is 1.12 bits per heavy atom. The van der Waals surface area contributed by atoms with E-state index in [1.807, 2.05) is 0 Å². The highest BCUT2D eigenvalue weighted by Gasteiger charge is 2.48. The number of fused-ring (bicyclic) bond motifs is 1. The van der Waals surface area contributed by atoms with E-state index in [2.05, 4.69) is 27.7 Å². The lowest BCUT2D eigenvalue weighted by atomic mass is 9.51. The summed E-state index contributed by atoms with van der Waals surface area (Å²) in [6.07, 6.45) is 7.41. The topological polar surface area (TPSA) is 17.1 Å². The van der Waals surface area contributed by atoms with Crippen LogP contribution < -0.4 is 0 Å². The first-order valence-electron chi connectivity index (χ1n) is 7.41. The van der Waals surface area contributed by atoms with E-state index in [4.69, 9.17) is 0 Å². The number of hydrogen-bond acceptors (Lipinski definition) is 1. The number of carbonyl (C=O) groups is 1. The summed E-state index contributed by atoms with van der Waals surface area (Å²) in [4.78, 5) is 11.0. The van der Waals surface area contributed by atoms with E-state index in [1.165, 1.54) is 25.7 Å². The van der Waals surface area contributed by atoms with Gasteiger partial charge in [-0.25, -0.2) is 0 Å². The molecule has 0 aromatic carbocycles. The minimum absolute atomic E-state index is 0.498. The highest BCUT2D eigenvalue weighted by molar-refractivity contribution is 5.50. The maximum absolute atomic E-state index is 11.0. The molecule has 0 radical (unpaired) electrons. The third kappa shape index (κ3) is 2.30. The second kappa shape index (κ2) is 4.74. The Kier molecular flexibility index (Phi) is 3.66. The van der Waals surface area contributed by atoms with Crippen LogP contribution in [0.15, 0.2) is 0 Å². The average Bonchev–Trinajstić information content (AvgIpc) is 2.27. The van der Waals surface area contributed by atoms with Gasteiger partial charge in [0.2, 0.25) is 0 Å². The van der Waals surface area contributed by atoms with Crippen molar-refractivity contribution in [2.75, 3.05) is 0 Å². The molecule has 17 heavy (non-hydrogen) atoms. The molecule has 1 heteroatoms. The predicted octanol–water partition coefficient (Wildman–Crippen LogP) is 4.31. The molecule has 0 aromatic heterocycles. The first kappa shape index (κ1) is 13.1. The Hall–Kier alpha value is -0.330. The zero-order valence-corrected chi connectivity index (χ0v) is 11.9. The van der Waals surface area contributed by atoms with Crippen LogP contribution in [-0.2, 0) is 4.79 Å². The van der Waals surface area contributed by atoms with Gasteiger partial charge in [-0.05, 0) is 54.3 Å². The molecule has 1 nitrogen and oxygen atoms in total. The van der Waals surface area contributed by atoms with Crippen molar-refractivity contribution in [1.82, 2.24) is 0 Å². The molecule has 2 fully saturated rings. The first-order valence-corrected chi connectivity index (χ1v) is 7.41. The molecular weight excluding hydrogens is 208 g/mol. The van der Waals surface area contributed by atoms with Gasteiger partial charge >= 0.3 is 0 Å². The van der Waals surface area contributed by atoms with Crippen LogP contribution in [-0.4, -0.2) is 6.29 Å². The van der Waals surface area contributed by atoms with Gasteiger partial charge in [0.1, 0.15) is 6.29 Å². The van der Waals surface area contributed by atoms with Crippen molar-refractivity contribution >= 4 is 6.29 Å². The maximum Gasteiger partial charge on any atom is 0.120 e. The molecule has 5 unspecified atom stereocenters. The van der Waals surface area contributed by atoms with E-state index >= 15 is 0 Å². The summed E-state index contributed by atoms with van der Waals surface area (Å²) in [5.41, 5.74) is 0.498. The number of carbonyl (C=O) groups excluding carboxylic acids is 1. The van der Waals surface area contributed by atoms with Gasteiger partial charge < -0.3 is 4.79 Å². The smallest absolute Gasteiger partial charge is 0.120 e. The zero-order valence-electron chi connectivity index (χ0n) is 11.9. The summed E-state index contributed by atoms with van der Waals surface area (Å²) < 4.78 is 0. The van der Waals surface area contributed by atoms with Crippen LogP contribution in [0.5, 0.6) is 0 Å². The van der Waals surface area contributed by atoms with Crippen LogP contribution in [0.25, 0.3) is 0 Å². The monoisotopic (exact) mass is 236 g/mol. The molecule has 5 atom stereocenters. The van der Waals surface area contributed by atoms with E-state index < -0.39 is 0 Å². The van der Waals surface area contributed by atoms with E-state index in [-0.39, 0.29) is 0 Å². The summed E-state index contributed by atoms with van der Waals surface area (Å²) in [7, 11) is 0. The first-order chi connectivity index (χ1) is 7.97. The highest BCUT2D eigenvalue weighted by atomic mass is 16.1. The van der Waals surface area contributed by atoms with Crippen molar-refractivity contribution in [2.45, 2.75) is 59.8 Å². The fraction of sp³-hybridized carbons (Fsp3) is 0.938. The van der Waals surface area contributed by atoms with Crippen LogP contribution >= 0.6 is 0 Å². The van der Waals surface area contributed by atoms with Crippen molar-refractivity contribution in [3.8, 4) is 0 Å². The van der Waals surface area contributed by atoms with E-state index in [0.717, 1.165) is 36.4 Å². The van der Waals surface area contributed by atoms with Crippen molar-refractivity contribution in [3.05, 3.63) is 0 Å². The van der Waals surface area contributed by atoms with Gasteiger partial charge in [-0.3, -0.25) is 0 Å². The lowest BCUT2D eigenvalue weighted by molar-refractivity contribution is -0.112. The van der Waals surface area contributed by atoms with Crippen LogP contribution in [0.2, 0.25) is 0 Å². The van der Waals surface area contributed by atoms with Crippen LogP contribution in [0.4, 0.5) is 0 Å². The maximum atomic E-state index is 11.0. The molecule has 98 valence electrons. The van der Waals surface area contributed by atoms with Crippen LogP contribution in [0.3, 0.4) is 0 Å². The van der Waals surface area contributed by atoms with Gasteiger partial charge in [-0.15, -0.1) is 0 Å². The lowest BCUT2D eigenvalue weighted by Crippen LogP contribution is -2.47. The quantitative estimate of drug-likeness (QED) is 0.653. The lowest BCUT2D eigenvalue weighted by Gasteiger charge is -2.54. The zero-order chi connectivity index (χ0) is 12.6. The fourth-order valence-electron chi connectivity index (χ4n) is 4.74. The molecule has 0 heterocycles. The molecular formula is C16H28O. The third-order valence-electron chi connectivity index (χ3n) is 5.90. The second-order valence-corrected chi connectivity index (χ2v) is 7.31. The Morgan fingerprint density at radius 2 is 1.82 bits per heavy atom. The molecule has 0 N–H and O–H groups in total. The normalized spacial score (nSPS) is 45.1. The van der Waals surface area contributed by atoms with Crippen molar-refractivity contribution < 1.29 is 4.79 Å². The van der Waals surface area contributed by atoms with Crippen molar-refractivity contribution in [2.24, 2.45) is 35.0 Å². The summed E-state index contributed by atoms with van der Waals surface area (Å²) in [6.45, 7) is 9.68. The summed E-state index contributed by atoms with van der Waals surface area (Å²) >= 11 is 0. The van der Waals surface area contributed by atoms with E-state index in [9.17, 15) is 4.79 Å². The molecule has 0 aliphatic heterocycles. The third-order valence-corrected chi connectivity index (χ3v) is 5.90. The van der Waals surface area contributed by atoms with Crippen molar-refractivity contribution in [1.29, 1.82) is 0 Å². The van der Waals surface area contributed by atoms with Crippen LogP contribution in [0.1, 0.15) is 59.8 Å². The number of rotatable bonds is 2. The summed E-state index contributed by atoms with van der Waals surface area (Å²) in [6, 6.07) is 0. The second-order valence-electron chi connectivity index (χ2n) is 7.31. The van der Waals surface area contributed by atoms with E-state index in [0.29, 0.717) is 11.3 Å². The Morgan fingerprint density at radius 3 is 2.47 bits per heavy atom. The Bertz CT molecular complexity index is 281. The summed E-state index contributed by atoms with van der Waals surface area (Å²) in [5.74, 6) is 3.87. The predicted molar refractivity (Wildman–Crippen MR) is 71.7 cm³/mol. The fourth-order valence-corrected chi connectivity index (χ4v) is 4.74. The van der Waals surface area contributed by atoms with Crippen LogP contribution in [0, 0.1) is 35.0 Å². The van der Waals surface area contributed by atoms with Gasteiger partial charge in [0.05, 0.1) is 0 Å². The Labute approximate surface area is 106 Å². The number of aldehydes is 1. The largest absolute Gasteiger partial charge is 0.303 e. The molecule has 0 saturated heterocycles. The average molecular weight is 236 g/mol. The molecule has 2 aliphatic carbocycles. The van der Waals surface area contributed by atoms with Gasteiger partial charge in [-0.2, -0.15) is 0 Å². The highest BCUT2D eigenvalue weighted by Crippen LogP contribution is 2.56. The molecule has 0 amide bonds. The van der Waals surface area contributed by atoms with Gasteiger partial charge in [-0.1, -0.05) is 34.1 Å². The Balaban J connectivity index is 2.25. The van der Waals surface area contributed by atoms with Gasteiger partial charge in [0, 0.05) is 6.42 Å². The minimum atomic E-state index is 0.498. The molecule has 2 rings (SSSR count). The molecule has 0 aromatic rings. The molecule has 2 aliphatic rings. The molecule has 2 saturated carbocycles. The van der Waals surface area contributed by atoms with Gasteiger partial charge in [0.25, 0.3) is 0 Å². The molecule has 0 bridgehead atoms. The minimum Gasteiger partial charge on any atom is -0.303 e. The molecule has 0 spiro atoms. The summed E-state index contributed by atoms with van der Waals surface area (Å²) in [5, 5.41) is 0. The van der Waals surface area contributed by atoms with Crippen molar-refractivity contribution in [3.63, 3.8) is 0 Å². The van der Waals surface area contributed by atoms with Gasteiger partial charge in [0.15, 0.2) is 0 Å².